The number of nitro groups is 1. The Morgan fingerprint density at radius 1 is 1.15 bits per heavy atom. The molecule has 0 N–H and O–H groups in total. The van der Waals surface area contributed by atoms with Crippen LogP contribution < -0.4 is 10.3 Å². The highest BCUT2D eigenvalue weighted by molar-refractivity contribution is 7.09. The molecule has 5 rings (SSSR count). The van der Waals surface area contributed by atoms with Gasteiger partial charge in [0.05, 0.1) is 23.4 Å². The zero-order chi connectivity index (χ0) is 23.7. The number of para-hydroxylation sites is 2. The molecule has 0 amide bonds. The fraction of sp³-hybridized carbons (Fsp3) is 0.130. The summed E-state index contributed by atoms with van der Waals surface area (Å²) in [6.45, 7) is 2.59. The molecule has 0 saturated carbocycles. The predicted molar refractivity (Wildman–Crippen MR) is 127 cm³/mol. The molecule has 0 bridgehead atoms. The van der Waals surface area contributed by atoms with Gasteiger partial charge in [-0.1, -0.05) is 29.8 Å². The predicted octanol–water partition coefficient (Wildman–Crippen LogP) is 3.88. The van der Waals surface area contributed by atoms with Gasteiger partial charge in [-0.3, -0.25) is 19.5 Å². The Labute approximate surface area is 196 Å². The lowest BCUT2D eigenvalue weighted by molar-refractivity contribution is -0.384. The van der Waals surface area contributed by atoms with E-state index in [-0.39, 0.29) is 34.5 Å². The van der Waals surface area contributed by atoms with Gasteiger partial charge in [-0.2, -0.15) is 5.10 Å². The molecule has 0 unspecified atom stereocenters. The van der Waals surface area contributed by atoms with Crippen LogP contribution in [0.2, 0.25) is 0 Å². The quantitative estimate of drug-likeness (QED) is 0.259. The number of thiazole rings is 1. The lowest BCUT2D eigenvalue weighted by Crippen LogP contribution is -2.21. The Balaban J connectivity index is 1.37. The van der Waals surface area contributed by atoms with E-state index in [9.17, 15) is 14.9 Å². The molecule has 10 nitrogen and oxygen atoms in total. The molecule has 0 fully saturated rings. The van der Waals surface area contributed by atoms with E-state index in [0.717, 1.165) is 16.3 Å². The summed E-state index contributed by atoms with van der Waals surface area (Å²) < 4.78 is 8.52. The molecule has 0 spiro atoms. The first-order chi connectivity index (χ1) is 16.5. The molecular weight excluding hydrogens is 456 g/mol. The zero-order valence-electron chi connectivity index (χ0n) is 18.0. The second kappa shape index (κ2) is 8.87. The molecular formula is C23H18N6O4S. The zero-order valence-corrected chi connectivity index (χ0v) is 18.8. The first-order valence-electron chi connectivity index (χ1n) is 10.3. The highest BCUT2D eigenvalue weighted by Crippen LogP contribution is 2.24. The minimum atomic E-state index is -0.494. The van der Waals surface area contributed by atoms with Crippen LogP contribution in [0.3, 0.4) is 0 Å². The third-order valence-corrected chi connectivity index (χ3v) is 6.05. The Bertz CT molecular complexity index is 1550. The van der Waals surface area contributed by atoms with Gasteiger partial charge in [0.25, 0.3) is 11.2 Å². The number of hydrogen-bond donors (Lipinski definition) is 0. The van der Waals surface area contributed by atoms with E-state index in [1.54, 1.807) is 18.2 Å². The highest BCUT2D eigenvalue weighted by atomic mass is 32.1. The lowest BCUT2D eigenvalue weighted by Gasteiger charge is -2.06. The molecule has 0 radical (unpaired) electrons. The molecule has 34 heavy (non-hydrogen) atoms. The van der Waals surface area contributed by atoms with Gasteiger partial charge in [0.2, 0.25) is 0 Å². The summed E-state index contributed by atoms with van der Waals surface area (Å²) in [6, 6.07) is 14.0. The van der Waals surface area contributed by atoms with Crippen molar-refractivity contribution in [3.8, 4) is 11.4 Å². The van der Waals surface area contributed by atoms with Crippen LogP contribution in [0, 0.1) is 17.0 Å². The van der Waals surface area contributed by atoms with Gasteiger partial charge < -0.3 is 4.74 Å². The average molecular weight is 475 g/mol. The minimum absolute atomic E-state index is 0.124. The van der Waals surface area contributed by atoms with Crippen molar-refractivity contribution in [2.45, 2.75) is 20.1 Å². The molecule has 0 aliphatic heterocycles. The highest BCUT2D eigenvalue weighted by Gasteiger charge is 2.19. The summed E-state index contributed by atoms with van der Waals surface area (Å²) in [4.78, 5) is 32.8. The number of aryl methyl sites for hydroxylation is 1. The van der Waals surface area contributed by atoms with Gasteiger partial charge in [-0.25, -0.2) is 14.6 Å². The van der Waals surface area contributed by atoms with Crippen LogP contribution in [0.1, 0.15) is 16.3 Å². The SMILES string of the molecule is Cc1ccc(OCc2nc(Cn3cnc4c(cnn4-c4ccccc4[N+](=O)[O-])c3=O)cs2)cc1. The van der Waals surface area contributed by atoms with Crippen molar-refractivity contribution in [1.29, 1.82) is 0 Å². The van der Waals surface area contributed by atoms with Crippen LogP contribution in [-0.4, -0.2) is 29.2 Å². The summed E-state index contributed by atoms with van der Waals surface area (Å²) >= 11 is 1.45. The van der Waals surface area contributed by atoms with Crippen molar-refractivity contribution >= 4 is 28.1 Å². The van der Waals surface area contributed by atoms with Gasteiger partial charge in [0.15, 0.2) is 5.65 Å². The van der Waals surface area contributed by atoms with Gasteiger partial charge in [0.1, 0.15) is 34.8 Å². The number of nitro benzene ring substituents is 1. The topological polar surface area (TPSA) is 118 Å². The maximum absolute atomic E-state index is 13.0. The van der Waals surface area contributed by atoms with E-state index in [1.165, 1.54) is 39.2 Å². The Hall–Kier alpha value is -4.38. The molecule has 0 atom stereocenters. The molecule has 2 aromatic carbocycles. The second-order valence-electron chi connectivity index (χ2n) is 7.55. The van der Waals surface area contributed by atoms with Crippen LogP contribution in [0.5, 0.6) is 5.75 Å². The van der Waals surface area contributed by atoms with Gasteiger partial charge in [-0.05, 0) is 25.1 Å². The maximum Gasteiger partial charge on any atom is 0.294 e. The summed E-state index contributed by atoms with van der Waals surface area (Å²) in [6.07, 6.45) is 2.78. The normalized spacial score (nSPS) is 11.1. The summed E-state index contributed by atoms with van der Waals surface area (Å²) in [5.74, 6) is 0.767. The molecule has 0 aliphatic carbocycles. The number of hydrogen-bond acceptors (Lipinski definition) is 8. The third kappa shape index (κ3) is 4.16. The third-order valence-electron chi connectivity index (χ3n) is 5.18. The van der Waals surface area contributed by atoms with Crippen LogP contribution in [-0.2, 0) is 13.2 Å². The number of rotatable bonds is 7. The van der Waals surface area contributed by atoms with Crippen molar-refractivity contribution in [1.82, 2.24) is 24.3 Å². The molecule has 5 aromatic rings. The largest absolute Gasteiger partial charge is 0.486 e. The summed E-state index contributed by atoms with van der Waals surface area (Å²) in [7, 11) is 0. The molecule has 0 saturated heterocycles. The molecule has 11 heteroatoms. The van der Waals surface area contributed by atoms with Gasteiger partial charge in [0, 0.05) is 11.4 Å². The smallest absolute Gasteiger partial charge is 0.294 e. The van der Waals surface area contributed by atoms with Crippen molar-refractivity contribution < 1.29 is 9.66 Å². The van der Waals surface area contributed by atoms with Crippen LogP contribution in [0.4, 0.5) is 5.69 Å². The monoisotopic (exact) mass is 474 g/mol. The van der Waals surface area contributed by atoms with E-state index < -0.39 is 4.92 Å². The summed E-state index contributed by atoms with van der Waals surface area (Å²) in [5, 5.41) is 18.5. The van der Waals surface area contributed by atoms with Crippen LogP contribution in [0.25, 0.3) is 16.7 Å². The number of nitrogens with zero attached hydrogens (tertiary/aromatic N) is 6. The van der Waals surface area contributed by atoms with Gasteiger partial charge >= 0.3 is 0 Å². The van der Waals surface area contributed by atoms with Gasteiger partial charge in [-0.15, -0.1) is 11.3 Å². The van der Waals surface area contributed by atoms with E-state index in [4.69, 9.17) is 4.74 Å². The standard InChI is InChI=1S/C23H18N6O4S/c1-15-6-8-17(9-7-15)33-12-21-26-16(13-34-21)11-27-14-24-22-18(23(27)30)10-25-28(22)19-4-2-3-5-20(19)29(31)32/h2-10,13-14H,11-12H2,1H3. The fourth-order valence-electron chi connectivity index (χ4n) is 3.48. The van der Waals surface area contributed by atoms with Crippen molar-refractivity contribution in [2.24, 2.45) is 0 Å². The second-order valence-corrected chi connectivity index (χ2v) is 8.49. The number of benzene rings is 2. The Kier molecular flexibility index (Phi) is 5.60. The summed E-state index contributed by atoms with van der Waals surface area (Å²) in [5.41, 5.74) is 1.93. The molecule has 170 valence electrons. The Morgan fingerprint density at radius 2 is 1.94 bits per heavy atom. The number of aromatic nitrogens is 5. The van der Waals surface area contributed by atoms with Crippen molar-refractivity contribution in [3.63, 3.8) is 0 Å². The minimum Gasteiger partial charge on any atom is -0.486 e. The molecule has 3 heterocycles. The van der Waals surface area contributed by atoms with E-state index in [0.29, 0.717) is 12.3 Å². The molecule has 3 aromatic heterocycles. The first-order valence-corrected chi connectivity index (χ1v) is 11.2. The van der Waals surface area contributed by atoms with Crippen molar-refractivity contribution in [3.05, 3.63) is 103 Å². The van der Waals surface area contributed by atoms with Crippen LogP contribution in [0.15, 0.2) is 71.2 Å². The molecule has 0 aliphatic rings. The van der Waals surface area contributed by atoms with E-state index in [2.05, 4.69) is 15.1 Å². The Morgan fingerprint density at radius 3 is 2.74 bits per heavy atom. The maximum atomic E-state index is 13.0. The van der Waals surface area contributed by atoms with E-state index >= 15 is 0 Å². The first kappa shape index (κ1) is 21.5. The lowest BCUT2D eigenvalue weighted by atomic mass is 10.2. The fourth-order valence-corrected chi connectivity index (χ4v) is 4.17. The number of fused-ring (bicyclic) bond motifs is 1. The van der Waals surface area contributed by atoms with Crippen molar-refractivity contribution in [2.75, 3.05) is 0 Å². The van der Waals surface area contributed by atoms with Crippen LogP contribution >= 0.6 is 11.3 Å². The average Bonchev–Trinajstić information content (AvgIpc) is 3.48. The number of ether oxygens (including phenoxy) is 1. The van der Waals surface area contributed by atoms with E-state index in [1.807, 2.05) is 36.6 Å².